The van der Waals surface area contributed by atoms with Gasteiger partial charge in [0.15, 0.2) is 6.10 Å². The summed E-state index contributed by atoms with van der Waals surface area (Å²) >= 11 is 0. The van der Waals surface area contributed by atoms with E-state index < -0.39 is 23.2 Å². The lowest BCUT2D eigenvalue weighted by molar-refractivity contribution is -0.185. The molecule has 6 rings (SSSR count). The minimum atomic E-state index is -1.31. The first-order chi connectivity index (χ1) is 16.9. The van der Waals surface area contributed by atoms with E-state index in [-0.39, 0.29) is 17.5 Å². The molecule has 3 fully saturated rings. The largest absolute Gasteiger partial charge is 0.460 e. The van der Waals surface area contributed by atoms with E-state index in [2.05, 4.69) is 13.8 Å². The number of aliphatic hydroxyl groups is 1. The summed E-state index contributed by atoms with van der Waals surface area (Å²) in [5.74, 6) is 0.0411. The van der Waals surface area contributed by atoms with E-state index in [1.54, 1.807) is 0 Å². The van der Waals surface area contributed by atoms with Crippen molar-refractivity contribution in [1.29, 1.82) is 0 Å². The minimum Gasteiger partial charge on any atom is -0.460 e. The normalized spacial score (nSPS) is 30.7. The Balaban J connectivity index is 1.40. The summed E-state index contributed by atoms with van der Waals surface area (Å²) in [6.45, 7) is 4.49. The van der Waals surface area contributed by atoms with Crippen molar-refractivity contribution in [3.8, 4) is 0 Å². The first-order valence-electron chi connectivity index (χ1n) is 12.6. The van der Waals surface area contributed by atoms with Crippen LogP contribution in [0.2, 0.25) is 0 Å². The highest BCUT2D eigenvalue weighted by molar-refractivity contribution is 5.79. The van der Waals surface area contributed by atoms with Crippen LogP contribution in [0.4, 0.5) is 0 Å². The monoisotopic (exact) mass is 468 g/mol. The molecule has 2 aliphatic carbocycles. The summed E-state index contributed by atoms with van der Waals surface area (Å²) < 4.78 is 12.1. The van der Waals surface area contributed by atoms with E-state index in [1.807, 2.05) is 91.0 Å². The number of fused-ring (bicyclic) bond motifs is 2. The van der Waals surface area contributed by atoms with Crippen LogP contribution in [0.3, 0.4) is 0 Å². The van der Waals surface area contributed by atoms with E-state index in [0.717, 1.165) is 36.0 Å². The van der Waals surface area contributed by atoms with Crippen molar-refractivity contribution in [3.63, 3.8) is 0 Å². The van der Waals surface area contributed by atoms with Crippen LogP contribution in [0.25, 0.3) is 0 Å². The molecule has 0 aromatic heterocycles. The standard InChI is InChI=1S/C31H32O4/c1-29(2)24-18-19-30(29,31(33,22-14-8-4-9-15-22)23-16-10-5-11-17-23)25(20-24)34-28(32)27-26(35-27)21-12-6-3-7-13-21/h3-17,24-27,33H,18-20H2,1-2H3/t24-,25-,26+,27-,30-/m1/s1. The number of esters is 1. The van der Waals surface area contributed by atoms with E-state index >= 15 is 0 Å². The SMILES string of the molecule is CC1(C)[C@@H]2CC[C@@]1(C(O)(c1ccccc1)c1ccccc1)[C@H](OC(=O)[C@@H]1O[C@H]1c1ccccc1)C2. The zero-order chi connectivity index (χ0) is 24.3. The predicted molar refractivity (Wildman–Crippen MR) is 133 cm³/mol. The highest BCUT2D eigenvalue weighted by Crippen LogP contribution is 2.73. The zero-order valence-corrected chi connectivity index (χ0v) is 20.3. The highest BCUT2D eigenvalue weighted by atomic mass is 16.6. The van der Waals surface area contributed by atoms with Crippen LogP contribution in [-0.4, -0.2) is 23.3 Å². The molecule has 1 heterocycles. The molecule has 4 heteroatoms. The van der Waals surface area contributed by atoms with Crippen molar-refractivity contribution < 1.29 is 19.4 Å². The molecule has 5 atom stereocenters. The van der Waals surface area contributed by atoms with Crippen molar-refractivity contribution in [2.45, 2.75) is 57.0 Å². The second-order valence-electron chi connectivity index (χ2n) is 10.9. The number of ether oxygens (including phenoxy) is 2. The fourth-order valence-corrected chi connectivity index (χ4v) is 7.36. The maximum absolute atomic E-state index is 13.3. The Morgan fingerprint density at radius 2 is 1.46 bits per heavy atom. The number of hydrogen-bond acceptors (Lipinski definition) is 4. The predicted octanol–water partition coefficient (Wildman–Crippen LogP) is 5.80. The average molecular weight is 469 g/mol. The molecule has 1 saturated heterocycles. The van der Waals surface area contributed by atoms with Gasteiger partial charge in [-0.25, -0.2) is 4.79 Å². The zero-order valence-electron chi connectivity index (χ0n) is 20.3. The van der Waals surface area contributed by atoms with Gasteiger partial charge >= 0.3 is 5.97 Å². The van der Waals surface area contributed by atoms with Crippen LogP contribution in [0.1, 0.15) is 55.9 Å². The Kier molecular flexibility index (Phi) is 5.17. The first-order valence-corrected chi connectivity index (χ1v) is 12.6. The van der Waals surface area contributed by atoms with Gasteiger partial charge in [-0.15, -0.1) is 0 Å². The molecule has 4 nitrogen and oxygen atoms in total. The highest BCUT2D eigenvalue weighted by Gasteiger charge is 2.74. The third-order valence-corrected chi connectivity index (χ3v) is 9.24. The molecule has 3 aliphatic rings. The smallest absolute Gasteiger partial charge is 0.338 e. The molecule has 0 radical (unpaired) electrons. The molecule has 2 bridgehead atoms. The van der Waals surface area contributed by atoms with Gasteiger partial charge in [0.2, 0.25) is 0 Å². The Bertz CT molecular complexity index is 1170. The molecule has 3 aromatic carbocycles. The third kappa shape index (κ3) is 3.16. The van der Waals surface area contributed by atoms with E-state index in [9.17, 15) is 9.90 Å². The van der Waals surface area contributed by atoms with Gasteiger partial charge in [-0.05, 0) is 47.3 Å². The van der Waals surface area contributed by atoms with Crippen molar-refractivity contribution >= 4 is 5.97 Å². The number of carbonyl (C=O) groups is 1. The molecule has 1 aliphatic heterocycles. The van der Waals surface area contributed by atoms with Crippen molar-refractivity contribution in [2.24, 2.45) is 16.7 Å². The van der Waals surface area contributed by atoms with Gasteiger partial charge in [0.1, 0.15) is 17.8 Å². The van der Waals surface area contributed by atoms with Gasteiger partial charge in [0.05, 0.1) is 0 Å². The van der Waals surface area contributed by atoms with E-state index in [1.165, 1.54) is 0 Å². The van der Waals surface area contributed by atoms with Gasteiger partial charge < -0.3 is 14.6 Å². The fraction of sp³-hybridized carbons (Fsp3) is 0.387. The maximum atomic E-state index is 13.3. The lowest BCUT2D eigenvalue weighted by Gasteiger charge is -2.53. The van der Waals surface area contributed by atoms with Crippen molar-refractivity contribution in [3.05, 3.63) is 108 Å². The first kappa shape index (κ1) is 22.5. The number of epoxide rings is 1. The molecule has 0 unspecified atom stereocenters. The van der Waals surface area contributed by atoms with Crippen LogP contribution >= 0.6 is 0 Å². The van der Waals surface area contributed by atoms with Crippen LogP contribution in [0.5, 0.6) is 0 Å². The second-order valence-corrected chi connectivity index (χ2v) is 10.9. The molecule has 35 heavy (non-hydrogen) atoms. The fourth-order valence-electron chi connectivity index (χ4n) is 7.36. The number of benzene rings is 3. The molecule has 3 aromatic rings. The minimum absolute atomic E-state index is 0.235. The third-order valence-electron chi connectivity index (χ3n) is 9.24. The van der Waals surface area contributed by atoms with E-state index in [4.69, 9.17) is 9.47 Å². The summed E-state index contributed by atoms with van der Waals surface area (Å²) in [6, 6.07) is 29.6. The number of hydrogen-bond donors (Lipinski definition) is 1. The molecule has 0 amide bonds. The van der Waals surface area contributed by atoms with Gasteiger partial charge in [-0.3, -0.25) is 0 Å². The topological polar surface area (TPSA) is 59.1 Å². The van der Waals surface area contributed by atoms with Crippen molar-refractivity contribution in [2.75, 3.05) is 0 Å². The Morgan fingerprint density at radius 1 is 0.914 bits per heavy atom. The van der Waals surface area contributed by atoms with Crippen LogP contribution in [0, 0.1) is 16.7 Å². The van der Waals surface area contributed by atoms with Gasteiger partial charge in [-0.2, -0.15) is 0 Å². The summed E-state index contributed by atoms with van der Waals surface area (Å²) in [4.78, 5) is 13.3. The second kappa shape index (κ2) is 8.04. The van der Waals surface area contributed by atoms with Gasteiger partial charge in [0.25, 0.3) is 0 Å². The molecular weight excluding hydrogens is 436 g/mol. The van der Waals surface area contributed by atoms with Gasteiger partial charge in [0, 0.05) is 5.41 Å². The molecule has 1 N–H and O–H groups in total. The lowest BCUT2D eigenvalue weighted by atomic mass is 9.54. The molecular formula is C31H32O4. The van der Waals surface area contributed by atoms with Crippen LogP contribution in [-0.2, 0) is 19.9 Å². The molecule has 2 saturated carbocycles. The quantitative estimate of drug-likeness (QED) is 0.367. The number of carbonyl (C=O) groups excluding carboxylic acids is 1. The molecule has 0 spiro atoms. The van der Waals surface area contributed by atoms with E-state index in [0.29, 0.717) is 5.92 Å². The van der Waals surface area contributed by atoms with Crippen LogP contribution in [0.15, 0.2) is 91.0 Å². The van der Waals surface area contributed by atoms with Crippen molar-refractivity contribution in [1.82, 2.24) is 0 Å². The summed E-state index contributed by atoms with van der Waals surface area (Å²) in [5.41, 5.74) is 0.461. The Morgan fingerprint density at radius 3 is 2.00 bits per heavy atom. The summed E-state index contributed by atoms with van der Waals surface area (Å²) in [6.07, 6.45) is 1.30. The molecule has 180 valence electrons. The number of rotatable bonds is 6. The van der Waals surface area contributed by atoms with Gasteiger partial charge in [-0.1, -0.05) is 105 Å². The summed E-state index contributed by atoms with van der Waals surface area (Å²) in [7, 11) is 0. The van der Waals surface area contributed by atoms with Crippen LogP contribution < -0.4 is 0 Å². The lowest BCUT2D eigenvalue weighted by Crippen LogP contribution is -2.57. The Hall–Kier alpha value is -2.95. The average Bonchev–Trinajstić information content (AvgIpc) is 3.62. The maximum Gasteiger partial charge on any atom is 0.338 e. The summed E-state index contributed by atoms with van der Waals surface area (Å²) in [5, 5.41) is 12.9. The Labute approximate surface area is 206 Å².